The summed E-state index contributed by atoms with van der Waals surface area (Å²) in [6.45, 7) is 2.03. The van der Waals surface area contributed by atoms with Crippen molar-refractivity contribution in [3.05, 3.63) is 251 Å². The fraction of sp³-hybridized carbons (Fsp3) is 0.311. The number of ether oxygens (including phenoxy) is 10. The fourth-order valence-corrected chi connectivity index (χ4v) is 8.96. The van der Waals surface area contributed by atoms with Gasteiger partial charge < -0.3 is 52.5 Å². The van der Waals surface area contributed by atoms with E-state index in [1.54, 1.807) is 0 Å². The molecule has 2 aliphatic rings. The molecule has 374 valence electrons. The quantitative estimate of drug-likeness (QED) is 0.0560. The molecule has 2 fully saturated rings. The molecule has 72 heavy (non-hydrogen) atoms. The number of aliphatic hydroxyl groups excluding tert-OH is 1. The predicted molar refractivity (Wildman–Crippen MR) is 272 cm³/mol. The maximum absolute atomic E-state index is 12.0. The molecule has 9 rings (SSSR count). The maximum Gasteiger partial charge on any atom is 0.187 e. The SMILES string of the molecule is O[C@H]1O[C@H](COCc2ccccc2)[C@@H](O[C@H]2O[C@@H]([C@@H](COCc3ccccc3)OCc3ccccc3)[C@H](OCc3ccccc3)[C@H]2OCc2ccccc2)[C@H](OCc2ccccc2)[C@H]1OCc1ccccc1. The highest BCUT2D eigenvalue weighted by molar-refractivity contribution is 5.19. The Morgan fingerprint density at radius 1 is 0.361 bits per heavy atom. The molecule has 1 N–H and O–H groups in total. The highest BCUT2D eigenvalue weighted by Crippen LogP contribution is 2.37. The van der Waals surface area contributed by atoms with E-state index in [1.165, 1.54) is 0 Å². The molecule has 0 bridgehead atoms. The first kappa shape index (κ1) is 51.0. The van der Waals surface area contributed by atoms with E-state index in [-0.39, 0.29) is 46.2 Å². The van der Waals surface area contributed by atoms with Gasteiger partial charge in [-0.15, -0.1) is 0 Å². The van der Waals surface area contributed by atoms with Gasteiger partial charge >= 0.3 is 0 Å². The lowest BCUT2D eigenvalue weighted by molar-refractivity contribution is -0.339. The van der Waals surface area contributed by atoms with Crippen LogP contribution in [-0.4, -0.2) is 79.7 Å². The molecule has 0 aromatic heterocycles. The van der Waals surface area contributed by atoms with Crippen LogP contribution in [0.15, 0.2) is 212 Å². The van der Waals surface area contributed by atoms with Crippen LogP contribution in [0.5, 0.6) is 0 Å². The normalized spacial score (nSPS) is 23.4. The van der Waals surface area contributed by atoms with E-state index < -0.39 is 61.4 Å². The summed E-state index contributed by atoms with van der Waals surface area (Å²) in [6, 6.07) is 69.6. The number of hydrogen-bond acceptors (Lipinski definition) is 11. The van der Waals surface area contributed by atoms with E-state index in [0.717, 1.165) is 38.9 Å². The van der Waals surface area contributed by atoms with Crippen LogP contribution in [0.3, 0.4) is 0 Å². The van der Waals surface area contributed by atoms with Crippen molar-refractivity contribution in [1.82, 2.24) is 0 Å². The lowest BCUT2D eigenvalue weighted by Gasteiger charge is -2.45. The molecule has 2 saturated heterocycles. The van der Waals surface area contributed by atoms with Gasteiger partial charge in [0.1, 0.15) is 48.8 Å². The second-order valence-electron chi connectivity index (χ2n) is 18.0. The lowest BCUT2D eigenvalue weighted by Crippen LogP contribution is -2.62. The standard InChI is InChI=1S/C61H64O11/c62-60-58(68-41-50-32-18-6-19-33-50)56(66-39-48-28-14-4-15-29-48)55(53(70-60)44-64-37-46-24-10-2-11-25-46)72-61-59(69-42-51-34-20-7-21-35-51)57(67-40-49-30-16-5-17-31-49)54(71-61)52(65-38-47-26-12-3-13-27-47)43-63-36-45-22-8-1-9-23-45/h1-35,52-62H,36-44H2/t52-,53-,54+,55-,56+,57+,58-,59-,60+,61-/m1/s1. The second-order valence-corrected chi connectivity index (χ2v) is 18.0. The number of hydrogen-bond donors (Lipinski definition) is 1. The van der Waals surface area contributed by atoms with E-state index in [2.05, 4.69) is 0 Å². The summed E-state index contributed by atoms with van der Waals surface area (Å²) in [5, 5.41) is 12.0. The van der Waals surface area contributed by atoms with Crippen LogP contribution >= 0.6 is 0 Å². The topological polar surface area (TPSA) is 113 Å². The molecule has 11 heteroatoms. The Bertz CT molecular complexity index is 2550. The van der Waals surface area contributed by atoms with Gasteiger partial charge in [0.15, 0.2) is 12.6 Å². The zero-order chi connectivity index (χ0) is 49.0. The molecule has 7 aromatic rings. The van der Waals surface area contributed by atoms with Crippen molar-refractivity contribution in [1.29, 1.82) is 0 Å². The van der Waals surface area contributed by atoms with E-state index in [9.17, 15) is 5.11 Å². The minimum absolute atomic E-state index is 0.0446. The van der Waals surface area contributed by atoms with Gasteiger partial charge in [-0.3, -0.25) is 0 Å². The average Bonchev–Trinajstić information content (AvgIpc) is 3.78. The molecule has 11 nitrogen and oxygen atoms in total. The number of benzene rings is 7. The van der Waals surface area contributed by atoms with Crippen molar-refractivity contribution in [2.24, 2.45) is 0 Å². The molecule has 0 radical (unpaired) electrons. The minimum atomic E-state index is -1.40. The predicted octanol–water partition coefficient (Wildman–Crippen LogP) is 10.2. The Balaban J connectivity index is 1.08. The maximum atomic E-state index is 12.0. The van der Waals surface area contributed by atoms with Crippen molar-refractivity contribution < 1.29 is 52.5 Å². The first-order chi connectivity index (χ1) is 35.6. The zero-order valence-corrected chi connectivity index (χ0v) is 40.4. The highest BCUT2D eigenvalue weighted by Gasteiger charge is 2.55. The summed E-state index contributed by atoms with van der Waals surface area (Å²) in [5.41, 5.74) is 6.79. The van der Waals surface area contributed by atoms with Gasteiger partial charge in [0.05, 0.1) is 59.5 Å². The molecular weight excluding hydrogens is 909 g/mol. The number of rotatable bonds is 26. The Morgan fingerprint density at radius 3 is 1.17 bits per heavy atom. The van der Waals surface area contributed by atoms with E-state index in [4.69, 9.17) is 47.4 Å². The smallest absolute Gasteiger partial charge is 0.187 e. The molecule has 0 unspecified atom stereocenters. The van der Waals surface area contributed by atoms with Crippen molar-refractivity contribution in [2.75, 3.05) is 13.2 Å². The molecular formula is C61H64O11. The van der Waals surface area contributed by atoms with E-state index in [0.29, 0.717) is 13.2 Å². The van der Waals surface area contributed by atoms with Crippen LogP contribution in [0, 0.1) is 0 Å². The van der Waals surface area contributed by atoms with Gasteiger partial charge in [-0.1, -0.05) is 212 Å². The molecule has 7 aromatic carbocycles. The molecule has 2 heterocycles. The summed E-state index contributed by atoms with van der Waals surface area (Å²) in [6.07, 6.45) is -9.18. The Hall–Kier alpha value is -5.90. The molecule has 10 atom stereocenters. The van der Waals surface area contributed by atoms with Crippen LogP contribution in [0.2, 0.25) is 0 Å². The third-order valence-electron chi connectivity index (χ3n) is 12.7. The summed E-state index contributed by atoms with van der Waals surface area (Å²) < 4.78 is 68.3. The van der Waals surface area contributed by atoms with Crippen LogP contribution < -0.4 is 0 Å². The fourth-order valence-electron chi connectivity index (χ4n) is 8.96. The summed E-state index contributed by atoms with van der Waals surface area (Å²) in [5.74, 6) is 0. The molecule has 0 saturated carbocycles. The van der Waals surface area contributed by atoms with Gasteiger partial charge in [0, 0.05) is 0 Å². The van der Waals surface area contributed by atoms with Gasteiger partial charge in [0.25, 0.3) is 0 Å². The Kier molecular flexibility index (Phi) is 19.3. The van der Waals surface area contributed by atoms with Gasteiger partial charge in [-0.2, -0.15) is 0 Å². The van der Waals surface area contributed by atoms with Crippen LogP contribution in [0.25, 0.3) is 0 Å². The highest BCUT2D eigenvalue weighted by atomic mass is 16.8. The molecule has 0 spiro atoms. The third-order valence-corrected chi connectivity index (χ3v) is 12.7. The van der Waals surface area contributed by atoms with Gasteiger partial charge in [0.2, 0.25) is 0 Å². The second kappa shape index (κ2) is 27.2. The van der Waals surface area contributed by atoms with Gasteiger partial charge in [-0.05, 0) is 38.9 Å². The van der Waals surface area contributed by atoms with Crippen molar-refractivity contribution in [3.63, 3.8) is 0 Å². The summed E-state index contributed by atoms with van der Waals surface area (Å²) >= 11 is 0. The van der Waals surface area contributed by atoms with Crippen LogP contribution in [0.4, 0.5) is 0 Å². The molecule has 0 aliphatic carbocycles. The van der Waals surface area contributed by atoms with Crippen LogP contribution in [0.1, 0.15) is 38.9 Å². The Labute approximate surface area is 423 Å². The van der Waals surface area contributed by atoms with Gasteiger partial charge in [-0.25, -0.2) is 0 Å². The molecule has 0 amide bonds. The summed E-state index contributed by atoms with van der Waals surface area (Å²) in [7, 11) is 0. The van der Waals surface area contributed by atoms with Crippen molar-refractivity contribution in [3.8, 4) is 0 Å². The van der Waals surface area contributed by atoms with Crippen molar-refractivity contribution >= 4 is 0 Å². The molecule has 2 aliphatic heterocycles. The lowest BCUT2D eigenvalue weighted by atomic mass is 9.97. The number of aliphatic hydroxyl groups is 1. The van der Waals surface area contributed by atoms with Crippen LogP contribution in [-0.2, 0) is 93.6 Å². The zero-order valence-electron chi connectivity index (χ0n) is 40.4. The minimum Gasteiger partial charge on any atom is -0.374 e. The van der Waals surface area contributed by atoms with Crippen molar-refractivity contribution in [2.45, 2.75) is 108 Å². The monoisotopic (exact) mass is 972 g/mol. The third kappa shape index (κ3) is 14.8. The first-order valence-electron chi connectivity index (χ1n) is 24.8. The Morgan fingerprint density at radius 2 is 0.722 bits per heavy atom. The average molecular weight is 973 g/mol. The summed E-state index contributed by atoms with van der Waals surface area (Å²) in [4.78, 5) is 0. The first-order valence-corrected chi connectivity index (χ1v) is 24.8. The van der Waals surface area contributed by atoms with E-state index >= 15 is 0 Å². The van der Waals surface area contributed by atoms with E-state index in [1.807, 2.05) is 212 Å². The largest absolute Gasteiger partial charge is 0.374 e.